The van der Waals surface area contributed by atoms with Crippen LogP contribution in [0.25, 0.3) is 0 Å². The van der Waals surface area contributed by atoms with Gasteiger partial charge >= 0.3 is 0 Å². The predicted molar refractivity (Wildman–Crippen MR) is 85.1 cm³/mol. The summed E-state index contributed by atoms with van der Waals surface area (Å²) in [6.07, 6.45) is 1.21. The normalized spacial score (nSPS) is 10.4. The molecule has 1 aromatic carbocycles. The highest BCUT2D eigenvalue weighted by molar-refractivity contribution is 9.10. The molecule has 1 rings (SSSR count). The van der Waals surface area contributed by atoms with E-state index in [1.165, 1.54) is 0 Å². The lowest BCUT2D eigenvalue weighted by molar-refractivity contribution is -0.120. The third kappa shape index (κ3) is 5.51. The number of hydrogen-bond acceptors (Lipinski definition) is 3. The molecular weight excluding hydrogens is 320 g/mol. The third-order valence-corrected chi connectivity index (χ3v) is 3.41. The van der Waals surface area contributed by atoms with E-state index < -0.39 is 0 Å². The Balaban J connectivity index is 2.64. The van der Waals surface area contributed by atoms with Crippen LogP contribution in [0.5, 0.6) is 5.75 Å². The number of ether oxygens (including phenoxy) is 1. The lowest BCUT2D eigenvalue weighted by Crippen LogP contribution is -2.18. The largest absolute Gasteiger partial charge is 0.493 e. The first-order valence-electron chi connectivity index (χ1n) is 6.91. The van der Waals surface area contributed by atoms with E-state index in [2.05, 4.69) is 39.6 Å². The maximum absolute atomic E-state index is 11.2. The highest BCUT2D eigenvalue weighted by Gasteiger charge is 2.09. The Morgan fingerprint density at radius 3 is 2.80 bits per heavy atom. The Kier molecular flexibility index (Phi) is 7.62. The first-order valence-corrected chi connectivity index (χ1v) is 7.70. The number of amides is 1. The number of carbonyl (C=O) groups is 1. The quantitative estimate of drug-likeness (QED) is 0.714. The van der Waals surface area contributed by atoms with Crippen molar-refractivity contribution in [1.29, 1.82) is 0 Å². The Bertz CT molecular complexity index is 450. The number of rotatable bonds is 8. The van der Waals surface area contributed by atoms with Crippen LogP contribution in [0.1, 0.15) is 30.9 Å². The van der Waals surface area contributed by atoms with Crippen LogP contribution in [-0.4, -0.2) is 26.1 Å². The second-order valence-corrected chi connectivity index (χ2v) is 5.53. The molecule has 0 atom stereocenters. The molecule has 0 saturated carbocycles. The molecule has 20 heavy (non-hydrogen) atoms. The highest BCUT2D eigenvalue weighted by atomic mass is 79.9. The van der Waals surface area contributed by atoms with Crippen molar-refractivity contribution in [2.45, 2.75) is 33.2 Å². The van der Waals surface area contributed by atoms with E-state index in [9.17, 15) is 4.79 Å². The molecule has 0 aliphatic rings. The molecule has 1 aromatic rings. The molecule has 0 fully saturated rings. The van der Waals surface area contributed by atoms with E-state index in [1.54, 1.807) is 7.05 Å². The molecule has 0 aliphatic carbocycles. The Morgan fingerprint density at radius 1 is 1.40 bits per heavy atom. The second-order valence-electron chi connectivity index (χ2n) is 4.62. The molecule has 2 N–H and O–H groups in total. The highest BCUT2D eigenvalue weighted by Crippen LogP contribution is 2.28. The standard InChI is InChI=1S/C15H23BrN2O2/c1-4-18-10-12-9-13(16)8-11(2)15(12)20-7-5-6-14(19)17-3/h8-9,18H,4-7,10H2,1-3H3,(H,17,19). The van der Waals surface area contributed by atoms with Gasteiger partial charge in [-0.3, -0.25) is 4.79 Å². The van der Waals surface area contributed by atoms with Gasteiger partial charge in [-0.25, -0.2) is 0 Å². The van der Waals surface area contributed by atoms with Crippen molar-refractivity contribution in [3.63, 3.8) is 0 Å². The summed E-state index contributed by atoms with van der Waals surface area (Å²) in [5, 5.41) is 5.92. The Labute approximate surface area is 129 Å². The summed E-state index contributed by atoms with van der Waals surface area (Å²) in [5.41, 5.74) is 2.24. The smallest absolute Gasteiger partial charge is 0.219 e. The summed E-state index contributed by atoms with van der Waals surface area (Å²) in [6.45, 7) is 6.36. The lowest BCUT2D eigenvalue weighted by Gasteiger charge is -2.15. The van der Waals surface area contributed by atoms with Crippen LogP contribution < -0.4 is 15.4 Å². The lowest BCUT2D eigenvalue weighted by atomic mass is 10.1. The fraction of sp³-hybridized carbons (Fsp3) is 0.533. The molecule has 0 radical (unpaired) electrons. The van der Waals surface area contributed by atoms with Crippen molar-refractivity contribution in [3.05, 3.63) is 27.7 Å². The maximum Gasteiger partial charge on any atom is 0.219 e. The molecule has 5 heteroatoms. The summed E-state index contributed by atoms with van der Waals surface area (Å²) >= 11 is 3.51. The van der Waals surface area contributed by atoms with Crippen LogP contribution in [0, 0.1) is 6.92 Å². The van der Waals surface area contributed by atoms with Gasteiger partial charge in [0.25, 0.3) is 0 Å². The Morgan fingerprint density at radius 2 is 2.15 bits per heavy atom. The van der Waals surface area contributed by atoms with Gasteiger partial charge in [0, 0.05) is 30.0 Å². The van der Waals surface area contributed by atoms with Crippen molar-refractivity contribution in [2.24, 2.45) is 0 Å². The van der Waals surface area contributed by atoms with E-state index in [-0.39, 0.29) is 5.91 Å². The van der Waals surface area contributed by atoms with Crippen LogP contribution in [0.4, 0.5) is 0 Å². The van der Waals surface area contributed by atoms with Crippen LogP contribution in [0.3, 0.4) is 0 Å². The molecule has 112 valence electrons. The van der Waals surface area contributed by atoms with Gasteiger partial charge in [0.1, 0.15) is 5.75 Å². The van der Waals surface area contributed by atoms with Crippen LogP contribution >= 0.6 is 15.9 Å². The summed E-state index contributed by atoms with van der Waals surface area (Å²) in [7, 11) is 1.65. The molecule has 0 bridgehead atoms. The monoisotopic (exact) mass is 342 g/mol. The topological polar surface area (TPSA) is 50.4 Å². The number of nitrogens with one attached hydrogen (secondary N) is 2. The summed E-state index contributed by atoms with van der Waals surface area (Å²) in [5.74, 6) is 0.972. The van der Waals surface area contributed by atoms with E-state index in [0.29, 0.717) is 13.0 Å². The zero-order valence-corrected chi connectivity index (χ0v) is 14.0. The fourth-order valence-corrected chi connectivity index (χ4v) is 2.55. The van der Waals surface area contributed by atoms with Gasteiger partial charge in [-0.2, -0.15) is 0 Å². The number of hydrogen-bond donors (Lipinski definition) is 2. The minimum atomic E-state index is 0.0500. The van der Waals surface area contributed by atoms with Crippen molar-refractivity contribution in [1.82, 2.24) is 10.6 Å². The third-order valence-electron chi connectivity index (χ3n) is 2.96. The number of carbonyl (C=O) groups excluding carboxylic acids is 1. The van der Waals surface area contributed by atoms with Crippen molar-refractivity contribution >= 4 is 21.8 Å². The van der Waals surface area contributed by atoms with E-state index in [0.717, 1.165) is 40.9 Å². The van der Waals surface area contributed by atoms with Gasteiger partial charge in [0.2, 0.25) is 5.91 Å². The van der Waals surface area contributed by atoms with Crippen LogP contribution in [0.2, 0.25) is 0 Å². The van der Waals surface area contributed by atoms with Crippen molar-refractivity contribution < 1.29 is 9.53 Å². The van der Waals surface area contributed by atoms with Gasteiger partial charge in [-0.15, -0.1) is 0 Å². The summed E-state index contributed by atoms with van der Waals surface area (Å²) < 4.78 is 6.93. The summed E-state index contributed by atoms with van der Waals surface area (Å²) in [6, 6.07) is 4.12. The second kappa shape index (κ2) is 8.97. The zero-order valence-electron chi connectivity index (χ0n) is 12.4. The van der Waals surface area contributed by atoms with Gasteiger partial charge in [-0.05, 0) is 37.6 Å². The van der Waals surface area contributed by atoms with Gasteiger partial charge in [-0.1, -0.05) is 22.9 Å². The SMILES string of the molecule is CCNCc1cc(Br)cc(C)c1OCCCC(=O)NC. The fourth-order valence-electron chi connectivity index (χ4n) is 1.93. The minimum absolute atomic E-state index is 0.0500. The average molecular weight is 343 g/mol. The first-order chi connectivity index (χ1) is 9.58. The van der Waals surface area contributed by atoms with Gasteiger partial charge in [0.05, 0.1) is 6.61 Å². The molecule has 0 aliphatic heterocycles. The van der Waals surface area contributed by atoms with Gasteiger partial charge in [0.15, 0.2) is 0 Å². The van der Waals surface area contributed by atoms with Crippen molar-refractivity contribution in [2.75, 3.05) is 20.2 Å². The molecule has 0 heterocycles. The molecule has 0 unspecified atom stereocenters. The molecule has 0 aromatic heterocycles. The predicted octanol–water partition coefficient (Wildman–Crippen LogP) is 2.77. The summed E-state index contributed by atoms with van der Waals surface area (Å²) in [4.78, 5) is 11.2. The maximum atomic E-state index is 11.2. The molecule has 0 spiro atoms. The first kappa shape index (κ1) is 17.0. The number of halogens is 1. The van der Waals surface area contributed by atoms with Crippen LogP contribution in [-0.2, 0) is 11.3 Å². The van der Waals surface area contributed by atoms with Crippen LogP contribution in [0.15, 0.2) is 16.6 Å². The van der Waals surface area contributed by atoms with E-state index in [4.69, 9.17) is 4.74 Å². The Hall–Kier alpha value is -1.07. The van der Waals surface area contributed by atoms with Gasteiger partial charge < -0.3 is 15.4 Å². The minimum Gasteiger partial charge on any atom is -0.493 e. The molecular formula is C15H23BrN2O2. The molecule has 4 nitrogen and oxygen atoms in total. The molecule has 1 amide bonds. The van der Waals surface area contributed by atoms with E-state index in [1.807, 2.05) is 13.0 Å². The average Bonchev–Trinajstić information content (AvgIpc) is 2.42. The van der Waals surface area contributed by atoms with Crippen molar-refractivity contribution in [3.8, 4) is 5.75 Å². The number of aryl methyl sites for hydroxylation is 1. The number of benzene rings is 1. The molecule has 0 saturated heterocycles. The zero-order chi connectivity index (χ0) is 15.0. The van der Waals surface area contributed by atoms with E-state index >= 15 is 0 Å².